The predicted molar refractivity (Wildman–Crippen MR) is 81.8 cm³/mol. The highest BCUT2D eigenvalue weighted by atomic mass is 16.4. The molecule has 1 amide bonds. The summed E-state index contributed by atoms with van der Waals surface area (Å²) >= 11 is 0. The number of rotatable bonds is 10. The Morgan fingerprint density at radius 2 is 1.95 bits per heavy atom. The molecule has 2 atom stereocenters. The van der Waals surface area contributed by atoms with E-state index in [1.807, 2.05) is 13.8 Å². The summed E-state index contributed by atoms with van der Waals surface area (Å²) in [6.07, 6.45) is 2.49. The van der Waals surface area contributed by atoms with Crippen molar-refractivity contribution in [3.63, 3.8) is 0 Å². The van der Waals surface area contributed by atoms with Crippen molar-refractivity contribution >= 4 is 11.7 Å². The van der Waals surface area contributed by atoms with Gasteiger partial charge in [-0.05, 0) is 45.8 Å². The van der Waals surface area contributed by atoms with Gasteiger partial charge in [-0.2, -0.15) is 0 Å². The second kappa shape index (κ2) is 10.5. The van der Waals surface area contributed by atoms with Crippen molar-refractivity contribution in [2.45, 2.75) is 53.0 Å². The third kappa shape index (κ3) is 6.75. The van der Waals surface area contributed by atoms with Gasteiger partial charge in [0.15, 0.2) is 5.84 Å². The molecule has 118 valence electrons. The first-order chi connectivity index (χ1) is 9.49. The fourth-order valence-corrected chi connectivity index (χ4v) is 2.18. The summed E-state index contributed by atoms with van der Waals surface area (Å²) in [5.41, 5.74) is 5.51. The van der Waals surface area contributed by atoms with E-state index < -0.39 is 5.92 Å². The molecule has 0 bridgehead atoms. The predicted octanol–water partition coefficient (Wildman–Crippen LogP) is 1.39. The highest BCUT2D eigenvalue weighted by molar-refractivity contribution is 6.02. The van der Waals surface area contributed by atoms with Crippen molar-refractivity contribution in [3.8, 4) is 0 Å². The lowest BCUT2D eigenvalue weighted by Crippen LogP contribution is -2.42. The van der Waals surface area contributed by atoms with Crippen LogP contribution in [-0.2, 0) is 4.79 Å². The first kappa shape index (κ1) is 18.7. The third-order valence-electron chi connectivity index (χ3n) is 3.59. The third-order valence-corrected chi connectivity index (χ3v) is 3.59. The average Bonchev–Trinajstić information content (AvgIpc) is 2.44. The SMILES string of the molecule is CCC(C(=O)NC(C)CCCN(CC)CC)C(N)=NO. The van der Waals surface area contributed by atoms with E-state index in [-0.39, 0.29) is 17.8 Å². The van der Waals surface area contributed by atoms with Gasteiger partial charge < -0.3 is 21.2 Å². The first-order valence-corrected chi connectivity index (χ1v) is 7.50. The lowest BCUT2D eigenvalue weighted by Gasteiger charge is -2.21. The average molecular weight is 286 g/mol. The summed E-state index contributed by atoms with van der Waals surface area (Å²) in [6.45, 7) is 11.3. The summed E-state index contributed by atoms with van der Waals surface area (Å²) in [7, 11) is 0. The van der Waals surface area contributed by atoms with E-state index in [0.717, 1.165) is 32.5 Å². The molecule has 0 heterocycles. The Labute approximate surface area is 122 Å². The maximum atomic E-state index is 12.0. The van der Waals surface area contributed by atoms with E-state index in [1.165, 1.54) is 0 Å². The van der Waals surface area contributed by atoms with Gasteiger partial charge in [0, 0.05) is 6.04 Å². The molecule has 0 aromatic carbocycles. The van der Waals surface area contributed by atoms with Crippen LogP contribution in [0.5, 0.6) is 0 Å². The highest BCUT2D eigenvalue weighted by Crippen LogP contribution is 2.06. The number of amides is 1. The minimum Gasteiger partial charge on any atom is -0.409 e. The highest BCUT2D eigenvalue weighted by Gasteiger charge is 2.22. The van der Waals surface area contributed by atoms with Crippen LogP contribution in [0.15, 0.2) is 5.16 Å². The molecule has 6 nitrogen and oxygen atoms in total. The smallest absolute Gasteiger partial charge is 0.231 e. The van der Waals surface area contributed by atoms with Gasteiger partial charge in [0.05, 0.1) is 5.92 Å². The van der Waals surface area contributed by atoms with Crippen LogP contribution in [0.1, 0.15) is 47.0 Å². The molecule has 0 aliphatic rings. The van der Waals surface area contributed by atoms with Crippen LogP contribution in [0.4, 0.5) is 0 Å². The standard InChI is InChI=1S/C14H30N4O2/c1-5-12(13(15)17-20)14(19)16-11(4)9-8-10-18(6-2)7-3/h11-12,20H,5-10H2,1-4H3,(H2,15,17)(H,16,19). The molecule has 0 aliphatic heterocycles. The van der Waals surface area contributed by atoms with Crippen molar-refractivity contribution in [2.75, 3.05) is 19.6 Å². The molecule has 0 spiro atoms. The Morgan fingerprint density at radius 1 is 1.35 bits per heavy atom. The summed E-state index contributed by atoms with van der Waals surface area (Å²) in [4.78, 5) is 14.4. The monoisotopic (exact) mass is 286 g/mol. The summed E-state index contributed by atoms with van der Waals surface area (Å²) in [6, 6.07) is 0.0959. The van der Waals surface area contributed by atoms with E-state index >= 15 is 0 Å². The molecule has 0 aromatic rings. The van der Waals surface area contributed by atoms with E-state index in [4.69, 9.17) is 10.9 Å². The van der Waals surface area contributed by atoms with Crippen molar-refractivity contribution in [1.29, 1.82) is 0 Å². The maximum absolute atomic E-state index is 12.0. The van der Waals surface area contributed by atoms with Gasteiger partial charge in [0.2, 0.25) is 5.91 Å². The van der Waals surface area contributed by atoms with Crippen molar-refractivity contribution < 1.29 is 10.0 Å². The number of carbonyl (C=O) groups is 1. The van der Waals surface area contributed by atoms with E-state index in [2.05, 4.69) is 29.2 Å². The number of hydrogen-bond acceptors (Lipinski definition) is 4. The first-order valence-electron chi connectivity index (χ1n) is 7.50. The van der Waals surface area contributed by atoms with Crippen LogP contribution in [0.3, 0.4) is 0 Å². The van der Waals surface area contributed by atoms with Gasteiger partial charge in [0.1, 0.15) is 0 Å². The molecule has 0 aliphatic carbocycles. The van der Waals surface area contributed by atoms with Crippen LogP contribution in [0.2, 0.25) is 0 Å². The molecule has 2 unspecified atom stereocenters. The number of amidine groups is 1. The van der Waals surface area contributed by atoms with Gasteiger partial charge in [0.25, 0.3) is 0 Å². The van der Waals surface area contributed by atoms with Crippen molar-refractivity contribution in [3.05, 3.63) is 0 Å². The number of oxime groups is 1. The van der Waals surface area contributed by atoms with Crippen LogP contribution < -0.4 is 11.1 Å². The summed E-state index contributed by atoms with van der Waals surface area (Å²) in [5.74, 6) is -0.747. The largest absolute Gasteiger partial charge is 0.409 e. The fourth-order valence-electron chi connectivity index (χ4n) is 2.18. The van der Waals surface area contributed by atoms with Crippen molar-refractivity contribution in [1.82, 2.24) is 10.2 Å². The number of hydrogen-bond donors (Lipinski definition) is 3. The number of nitrogens with one attached hydrogen (secondary N) is 1. The molecule has 4 N–H and O–H groups in total. The Morgan fingerprint density at radius 3 is 2.40 bits per heavy atom. The zero-order chi connectivity index (χ0) is 15.5. The quantitative estimate of drug-likeness (QED) is 0.245. The normalized spacial score (nSPS) is 15.2. The molecular weight excluding hydrogens is 256 g/mol. The van der Waals surface area contributed by atoms with Gasteiger partial charge in [-0.25, -0.2) is 0 Å². The molecule has 0 saturated heterocycles. The topological polar surface area (TPSA) is 91.0 Å². The van der Waals surface area contributed by atoms with Crippen LogP contribution in [0.25, 0.3) is 0 Å². The minimum absolute atomic E-state index is 0.0275. The molecule has 20 heavy (non-hydrogen) atoms. The number of nitrogens with two attached hydrogens (primary N) is 1. The van der Waals surface area contributed by atoms with Crippen molar-refractivity contribution in [2.24, 2.45) is 16.8 Å². The summed E-state index contributed by atoms with van der Waals surface area (Å²) in [5, 5.41) is 14.5. The lowest BCUT2D eigenvalue weighted by molar-refractivity contribution is -0.123. The Balaban J connectivity index is 4.13. The maximum Gasteiger partial charge on any atom is 0.231 e. The second-order valence-corrected chi connectivity index (χ2v) is 5.06. The van der Waals surface area contributed by atoms with E-state index in [1.54, 1.807) is 0 Å². The summed E-state index contributed by atoms with van der Waals surface area (Å²) < 4.78 is 0. The zero-order valence-corrected chi connectivity index (χ0v) is 13.2. The minimum atomic E-state index is -0.551. The van der Waals surface area contributed by atoms with Crippen LogP contribution >= 0.6 is 0 Å². The van der Waals surface area contributed by atoms with E-state index in [0.29, 0.717) is 6.42 Å². The second-order valence-electron chi connectivity index (χ2n) is 5.06. The van der Waals surface area contributed by atoms with E-state index in [9.17, 15) is 4.79 Å². The molecule has 6 heteroatoms. The molecule has 0 saturated carbocycles. The lowest BCUT2D eigenvalue weighted by atomic mass is 10.0. The zero-order valence-electron chi connectivity index (χ0n) is 13.2. The molecular formula is C14H30N4O2. The Kier molecular flexibility index (Phi) is 9.80. The van der Waals surface area contributed by atoms with Gasteiger partial charge in [-0.1, -0.05) is 25.9 Å². The molecule has 0 rings (SSSR count). The van der Waals surface area contributed by atoms with Crippen LogP contribution in [-0.4, -0.2) is 47.5 Å². The molecule has 0 radical (unpaired) electrons. The Bertz CT molecular complexity index is 304. The number of nitrogens with zero attached hydrogens (tertiary/aromatic N) is 2. The van der Waals surface area contributed by atoms with Gasteiger partial charge >= 0.3 is 0 Å². The molecule has 0 aromatic heterocycles. The van der Waals surface area contributed by atoms with Gasteiger partial charge in [-0.3, -0.25) is 4.79 Å². The fraction of sp³-hybridized carbons (Fsp3) is 0.857. The number of carbonyl (C=O) groups excluding carboxylic acids is 1. The Hall–Kier alpha value is -1.30. The molecule has 0 fully saturated rings. The van der Waals surface area contributed by atoms with Gasteiger partial charge in [-0.15, -0.1) is 0 Å². The van der Waals surface area contributed by atoms with Crippen LogP contribution in [0, 0.1) is 5.92 Å².